The predicted molar refractivity (Wildman–Crippen MR) is 116 cm³/mol. The summed E-state index contributed by atoms with van der Waals surface area (Å²) in [5.41, 5.74) is 0.909. The zero-order valence-electron chi connectivity index (χ0n) is 16.0. The van der Waals surface area contributed by atoms with Gasteiger partial charge in [-0.15, -0.1) is 24.0 Å². The molecule has 7 nitrogen and oxygen atoms in total. The topological polar surface area (TPSA) is 74.2 Å². The standard InChI is InChI=1S/C17H26F2N4O3S.HI/c1-3-20-17(21-9-11-23-10-4-12-27(23,24)25)22(2)13-14-5-7-15(8-6-14)26-16(18)19;/h5-8,16H,3-4,9-13H2,1-2H3,(H,20,21);1H. The first-order valence-electron chi connectivity index (χ1n) is 8.83. The number of rotatable bonds is 8. The van der Waals surface area contributed by atoms with Gasteiger partial charge in [-0.1, -0.05) is 12.1 Å². The lowest BCUT2D eigenvalue weighted by Gasteiger charge is -2.22. The lowest BCUT2D eigenvalue weighted by Crippen LogP contribution is -2.39. The molecule has 0 amide bonds. The lowest BCUT2D eigenvalue weighted by molar-refractivity contribution is -0.0498. The summed E-state index contributed by atoms with van der Waals surface area (Å²) in [6.07, 6.45) is 0.664. The van der Waals surface area contributed by atoms with Gasteiger partial charge in [-0.2, -0.15) is 8.78 Å². The van der Waals surface area contributed by atoms with Crippen molar-refractivity contribution >= 4 is 40.0 Å². The number of sulfonamides is 1. The highest BCUT2D eigenvalue weighted by Gasteiger charge is 2.27. The Hall–Kier alpha value is -1.21. The Labute approximate surface area is 182 Å². The third kappa shape index (κ3) is 7.66. The molecule has 1 heterocycles. The highest BCUT2D eigenvalue weighted by atomic mass is 127. The van der Waals surface area contributed by atoms with Gasteiger partial charge < -0.3 is 15.0 Å². The molecule has 160 valence electrons. The Morgan fingerprint density at radius 2 is 2.04 bits per heavy atom. The van der Waals surface area contributed by atoms with E-state index in [0.717, 1.165) is 5.56 Å². The second kappa shape index (κ2) is 11.7. The van der Waals surface area contributed by atoms with Gasteiger partial charge in [0.25, 0.3) is 0 Å². The number of guanidine groups is 1. The van der Waals surface area contributed by atoms with Crippen molar-refractivity contribution in [1.29, 1.82) is 0 Å². The number of benzene rings is 1. The largest absolute Gasteiger partial charge is 0.435 e. The van der Waals surface area contributed by atoms with Crippen molar-refractivity contribution in [3.05, 3.63) is 29.8 Å². The molecule has 1 fully saturated rings. The van der Waals surface area contributed by atoms with Gasteiger partial charge in [-0.25, -0.2) is 12.7 Å². The van der Waals surface area contributed by atoms with Crippen molar-refractivity contribution < 1.29 is 21.9 Å². The zero-order valence-corrected chi connectivity index (χ0v) is 19.1. The van der Waals surface area contributed by atoms with Crippen LogP contribution >= 0.6 is 24.0 Å². The molecule has 0 aliphatic carbocycles. The van der Waals surface area contributed by atoms with Gasteiger partial charge in [-0.3, -0.25) is 4.99 Å². The SMILES string of the molecule is CCNC(=NCCN1CCCS1(=O)=O)N(C)Cc1ccc(OC(F)F)cc1.I. The van der Waals surface area contributed by atoms with Crippen LogP contribution in [-0.4, -0.2) is 69.2 Å². The second-order valence-corrected chi connectivity index (χ2v) is 8.27. The molecule has 28 heavy (non-hydrogen) atoms. The van der Waals surface area contributed by atoms with E-state index in [0.29, 0.717) is 45.1 Å². The van der Waals surface area contributed by atoms with Gasteiger partial charge in [0.15, 0.2) is 5.96 Å². The fourth-order valence-electron chi connectivity index (χ4n) is 2.80. The van der Waals surface area contributed by atoms with Crippen LogP contribution < -0.4 is 10.1 Å². The summed E-state index contributed by atoms with van der Waals surface area (Å²) in [5.74, 6) is 0.980. The van der Waals surface area contributed by atoms with Crippen molar-refractivity contribution in [2.75, 3.05) is 39.0 Å². The van der Waals surface area contributed by atoms with E-state index in [2.05, 4.69) is 15.0 Å². The summed E-state index contributed by atoms with van der Waals surface area (Å²) < 4.78 is 53.9. The Morgan fingerprint density at radius 3 is 2.57 bits per heavy atom. The number of nitrogens with zero attached hydrogens (tertiary/aromatic N) is 3. The molecule has 1 aromatic rings. The molecule has 0 unspecified atom stereocenters. The van der Waals surface area contributed by atoms with Crippen LogP contribution in [0.5, 0.6) is 5.75 Å². The fraction of sp³-hybridized carbons (Fsp3) is 0.588. The smallest absolute Gasteiger partial charge is 0.387 e. The first kappa shape index (κ1) is 24.8. The number of alkyl halides is 2. The third-order valence-corrected chi connectivity index (χ3v) is 6.04. The number of hydrogen-bond donors (Lipinski definition) is 1. The van der Waals surface area contributed by atoms with E-state index >= 15 is 0 Å². The minimum atomic E-state index is -3.11. The summed E-state index contributed by atoms with van der Waals surface area (Å²) in [7, 11) is -1.26. The summed E-state index contributed by atoms with van der Waals surface area (Å²) >= 11 is 0. The molecular weight excluding hydrogens is 505 g/mol. The minimum Gasteiger partial charge on any atom is -0.435 e. The Morgan fingerprint density at radius 1 is 1.36 bits per heavy atom. The van der Waals surface area contributed by atoms with Crippen molar-refractivity contribution in [3.63, 3.8) is 0 Å². The molecule has 2 rings (SSSR count). The van der Waals surface area contributed by atoms with Crippen LogP contribution in [0.15, 0.2) is 29.3 Å². The third-order valence-electron chi connectivity index (χ3n) is 4.08. The minimum absolute atomic E-state index is 0. The van der Waals surface area contributed by atoms with E-state index in [9.17, 15) is 17.2 Å². The first-order chi connectivity index (χ1) is 12.8. The average Bonchev–Trinajstić information content (AvgIpc) is 2.94. The number of nitrogens with one attached hydrogen (secondary N) is 1. The van der Waals surface area contributed by atoms with Crippen molar-refractivity contribution in [2.45, 2.75) is 26.5 Å². The molecule has 0 radical (unpaired) electrons. The van der Waals surface area contributed by atoms with Gasteiger partial charge in [0, 0.05) is 33.2 Å². The quantitative estimate of drug-likeness (QED) is 0.316. The van der Waals surface area contributed by atoms with Crippen LogP contribution in [0, 0.1) is 0 Å². The molecule has 1 aromatic carbocycles. The molecular formula is C17H27F2IN4O3S. The van der Waals surface area contributed by atoms with E-state index in [1.54, 1.807) is 12.1 Å². The van der Waals surface area contributed by atoms with Crippen LogP contribution in [0.1, 0.15) is 18.9 Å². The summed E-state index contributed by atoms with van der Waals surface area (Å²) in [4.78, 5) is 6.39. The average molecular weight is 532 g/mol. The van der Waals surface area contributed by atoms with Gasteiger partial charge in [0.2, 0.25) is 10.0 Å². The molecule has 1 aliphatic heterocycles. The van der Waals surface area contributed by atoms with Gasteiger partial charge in [0.05, 0.1) is 12.3 Å². The normalized spacial score (nSPS) is 16.7. The van der Waals surface area contributed by atoms with E-state index in [1.807, 2.05) is 18.9 Å². The number of hydrogen-bond acceptors (Lipinski definition) is 4. The van der Waals surface area contributed by atoms with E-state index in [4.69, 9.17) is 0 Å². The Balaban J connectivity index is 0.00000392. The maximum absolute atomic E-state index is 12.2. The zero-order chi connectivity index (χ0) is 19.9. The van der Waals surface area contributed by atoms with Crippen LogP contribution in [-0.2, 0) is 16.6 Å². The van der Waals surface area contributed by atoms with E-state index in [1.165, 1.54) is 16.4 Å². The van der Waals surface area contributed by atoms with Crippen molar-refractivity contribution in [2.24, 2.45) is 4.99 Å². The molecule has 0 aromatic heterocycles. The van der Waals surface area contributed by atoms with Crippen LogP contribution in [0.3, 0.4) is 0 Å². The van der Waals surface area contributed by atoms with Gasteiger partial charge in [0.1, 0.15) is 5.75 Å². The predicted octanol–water partition coefficient (Wildman–Crippen LogP) is 2.34. The molecule has 0 saturated carbocycles. The van der Waals surface area contributed by atoms with E-state index < -0.39 is 16.6 Å². The van der Waals surface area contributed by atoms with Crippen LogP contribution in [0.4, 0.5) is 8.78 Å². The summed E-state index contributed by atoms with van der Waals surface area (Å²) in [6, 6.07) is 6.43. The highest BCUT2D eigenvalue weighted by Crippen LogP contribution is 2.16. The number of ether oxygens (including phenoxy) is 1. The molecule has 0 atom stereocenters. The maximum Gasteiger partial charge on any atom is 0.387 e. The Kier molecular flexibility index (Phi) is 10.4. The summed E-state index contributed by atoms with van der Waals surface area (Å²) in [6.45, 7) is 1.58. The van der Waals surface area contributed by atoms with Crippen molar-refractivity contribution in [3.8, 4) is 5.75 Å². The molecule has 0 spiro atoms. The van der Waals surface area contributed by atoms with E-state index in [-0.39, 0.29) is 35.5 Å². The molecule has 0 bridgehead atoms. The molecule has 1 saturated heterocycles. The highest BCUT2D eigenvalue weighted by molar-refractivity contribution is 14.0. The van der Waals surface area contributed by atoms with Crippen LogP contribution in [0.2, 0.25) is 0 Å². The van der Waals surface area contributed by atoms with Crippen molar-refractivity contribution in [1.82, 2.24) is 14.5 Å². The summed E-state index contributed by atoms with van der Waals surface area (Å²) in [5, 5.41) is 3.17. The second-order valence-electron chi connectivity index (χ2n) is 6.18. The first-order valence-corrected chi connectivity index (χ1v) is 10.4. The number of halogens is 3. The fourth-order valence-corrected chi connectivity index (χ4v) is 4.32. The lowest BCUT2D eigenvalue weighted by atomic mass is 10.2. The maximum atomic E-state index is 12.2. The molecule has 1 N–H and O–H groups in total. The van der Waals surface area contributed by atoms with Gasteiger partial charge >= 0.3 is 6.61 Å². The molecule has 11 heteroatoms. The monoisotopic (exact) mass is 532 g/mol. The van der Waals surface area contributed by atoms with Crippen LogP contribution in [0.25, 0.3) is 0 Å². The Bertz CT molecular complexity index is 732. The molecule has 1 aliphatic rings. The van der Waals surface area contributed by atoms with Gasteiger partial charge in [-0.05, 0) is 31.0 Å². The number of aliphatic imine (C=N–C) groups is 1.